The molecule has 1 heterocycles. The summed E-state index contributed by atoms with van der Waals surface area (Å²) in [7, 11) is 0.491. The standard InChI is InChI=1S/C20H21N3O5S.ClH/c1-23(13-20(24)22-15-7-8-17(27-2)18(11-15)28-3)29(25,26)19-6-4-5-14-12-21-10-9-16(14)19;/h4-12H,13H2,1-3H3,(H,22,24);1H. The predicted molar refractivity (Wildman–Crippen MR) is 117 cm³/mol. The first-order chi connectivity index (χ1) is 13.9. The molecule has 8 nitrogen and oxygen atoms in total. The maximum absolute atomic E-state index is 13.0. The number of methoxy groups -OCH3 is 2. The zero-order valence-corrected chi connectivity index (χ0v) is 18.3. The summed E-state index contributed by atoms with van der Waals surface area (Å²) in [4.78, 5) is 16.6. The van der Waals surface area contributed by atoms with Crippen LogP contribution in [-0.2, 0) is 14.8 Å². The van der Waals surface area contributed by atoms with E-state index in [0.717, 1.165) is 4.31 Å². The van der Waals surface area contributed by atoms with Gasteiger partial charge in [-0.2, -0.15) is 4.31 Å². The lowest BCUT2D eigenvalue weighted by Crippen LogP contribution is -2.35. The molecule has 0 bridgehead atoms. The van der Waals surface area contributed by atoms with E-state index in [4.69, 9.17) is 9.47 Å². The van der Waals surface area contributed by atoms with Crippen molar-refractivity contribution in [1.29, 1.82) is 0 Å². The highest BCUT2D eigenvalue weighted by atomic mass is 35.5. The van der Waals surface area contributed by atoms with Crippen molar-refractivity contribution in [3.8, 4) is 11.5 Å². The molecule has 0 aliphatic heterocycles. The zero-order valence-electron chi connectivity index (χ0n) is 16.7. The van der Waals surface area contributed by atoms with Gasteiger partial charge in [-0.1, -0.05) is 12.1 Å². The van der Waals surface area contributed by atoms with Gasteiger partial charge in [-0.05, 0) is 24.3 Å². The summed E-state index contributed by atoms with van der Waals surface area (Å²) in [6.07, 6.45) is 3.13. The Hall–Kier alpha value is -2.88. The lowest BCUT2D eigenvalue weighted by atomic mass is 10.2. The van der Waals surface area contributed by atoms with Crippen LogP contribution >= 0.6 is 12.4 Å². The van der Waals surface area contributed by atoms with Gasteiger partial charge in [-0.25, -0.2) is 8.42 Å². The number of pyridine rings is 1. The quantitative estimate of drug-likeness (QED) is 0.593. The summed E-state index contributed by atoms with van der Waals surface area (Å²) in [6.45, 7) is -0.349. The third-order valence-corrected chi connectivity index (χ3v) is 6.22. The van der Waals surface area contributed by atoms with Crippen molar-refractivity contribution in [1.82, 2.24) is 9.29 Å². The second-order valence-corrected chi connectivity index (χ2v) is 8.25. The van der Waals surface area contributed by atoms with Gasteiger partial charge in [0.05, 0.1) is 25.7 Å². The molecule has 3 aromatic rings. The fraction of sp³-hybridized carbons (Fsp3) is 0.200. The monoisotopic (exact) mass is 451 g/mol. The molecule has 0 unspecified atom stereocenters. The van der Waals surface area contributed by atoms with Gasteiger partial charge in [0.2, 0.25) is 15.9 Å². The normalized spacial score (nSPS) is 11.1. The van der Waals surface area contributed by atoms with E-state index in [0.29, 0.717) is 28.0 Å². The Bertz CT molecular complexity index is 1150. The second-order valence-electron chi connectivity index (χ2n) is 6.23. The highest BCUT2D eigenvalue weighted by Gasteiger charge is 2.25. The maximum Gasteiger partial charge on any atom is 0.243 e. The first kappa shape index (κ1) is 23.4. The maximum atomic E-state index is 13.0. The SMILES string of the molecule is COc1ccc(NC(=O)CN(C)S(=O)(=O)c2cccc3cnccc23)cc1OC.Cl. The van der Waals surface area contributed by atoms with Crippen LogP contribution in [-0.4, -0.2) is 51.4 Å². The summed E-state index contributed by atoms with van der Waals surface area (Å²) < 4.78 is 37.4. The number of hydrogen-bond acceptors (Lipinski definition) is 6. The van der Waals surface area contributed by atoms with Crippen molar-refractivity contribution in [2.45, 2.75) is 4.90 Å². The molecule has 0 fully saturated rings. The van der Waals surface area contributed by atoms with Crippen LogP contribution in [0.15, 0.2) is 59.8 Å². The number of hydrogen-bond donors (Lipinski definition) is 1. The van der Waals surface area contributed by atoms with Crippen molar-refractivity contribution in [3.05, 3.63) is 54.9 Å². The highest BCUT2D eigenvalue weighted by molar-refractivity contribution is 7.89. The van der Waals surface area contributed by atoms with E-state index < -0.39 is 15.9 Å². The minimum atomic E-state index is -3.88. The van der Waals surface area contributed by atoms with E-state index in [2.05, 4.69) is 10.3 Å². The average Bonchev–Trinajstić information content (AvgIpc) is 2.72. The summed E-state index contributed by atoms with van der Waals surface area (Å²) >= 11 is 0. The molecule has 0 radical (unpaired) electrons. The number of aromatic nitrogens is 1. The van der Waals surface area contributed by atoms with Crippen LogP contribution in [0.3, 0.4) is 0 Å². The van der Waals surface area contributed by atoms with Gasteiger partial charge in [-0.15, -0.1) is 12.4 Å². The highest BCUT2D eigenvalue weighted by Crippen LogP contribution is 2.30. The fourth-order valence-corrected chi connectivity index (χ4v) is 4.22. The third-order valence-electron chi connectivity index (χ3n) is 4.36. The number of fused-ring (bicyclic) bond motifs is 1. The van der Waals surface area contributed by atoms with Crippen molar-refractivity contribution in [2.75, 3.05) is 33.1 Å². The molecule has 3 rings (SSSR count). The van der Waals surface area contributed by atoms with E-state index in [9.17, 15) is 13.2 Å². The summed E-state index contributed by atoms with van der Waals surface area (Å²) in [5.74, 6) is 0.497. The summed E-state index contributed by atoms with van der Waals surface area (Å²) in [6, 6.07) is 11.5. The number of carbonyl (C=O) groups excluding carboxylic acids is 1. The molecule has 1 amide bonds. The first-order valence-corrected chi connectivity index (χ1v) is 10.1. The molecule has 160 valence electrons. The van der Waals surface area contributed by atoms with Gasteiger partial charge in [0.15, 0.2) is 11.5 Å². The molecule has 1 aromatic heterocycles. The summed E-state index contributed by atoms with van der Waals surface area (Å²) in [5, 5.41) is 3.92. The van der Waals surface area contributed by atoms with E-state index in [1.54, 1.807) is 42.6 Å². The smallest absolute Gasteiger partial charge is 0.243 e. The van der Waals surface area contributed by atoms with Crippen LogP contribution < -0.4 is 14.8 Å². The van der Waals surface area contributed by atoms with Gasteiger partial charge < -0.3 is 14.8 Å². The Morgan fingerprint density at radius 1 is 1.10 bits per heavy atom. The lowest BCUT2D eigenvalue weighted by Gasteiger charge is -2.18. The third kappa shape index (κ3) is 4.81. The molecular weight excluding hydrogens is 430 g/mol. The van der Waals surface area contributed by atoms with Crippen molar-refractivity contribution in [3.63, 3.8) is 0 Å². The number of benzene rings is 2. The van der Waals surface area contributed by atoms with Crippen molar-refractivity contribution >= 4 is 44.8 Å². The van der Waals surface area contributed by atoms with Crippen LogP contribution in [0.4, 0.5) is 5.69 Å². The number of sulfonamides is 1. The molecule has 0 saturated carbocycles. The van der Waals surface area contributed by atoms with Crippen molar-refractivity contribution < 1.29 is 22.7 Å². The van der Waals surface area contributed by atoms with Crippen LogP contribution in [0, 0.1) is 0 Å². The van der Waals surface area contributed by atoms with Gasteiger partial charge in [0, 0.05) is 42.0 Å². The predicted octanol–water partition coefficient (Wildman–Crippen LogP) is 2.93. The van der Waals surface area contributed by atoms with E-state index in [1.807, 2.05) is 0 Å². The molecule has 10 heteroatoms. The molecule has 2 aromatic carbocycles. The number of rotatable bonds is 7. The number of ether oxygens (including phenoxy) is 2. The Morgan fingerprint density at radius 3 is 2.53 bits per heavy atom. The first-order valence-electron chi connectivity index (χ1n) is 8.68. The van der Waals surface area contributed by atoms with Crippen LogP contribution in [0.2, 0.25) is 0 Å². The number of anilines is 1. The number of carbonyl (C=O) groups is 1. The van der Waals surface area contributed by atoms with Crippen LogP contribution in [0.1, 0.15) is 0 Å². The molecule has 1 N–H and O–H groups in total. The number of halogens is 1. The Kier molecular flexibility index (Phi) is 7.60. The van der Waals surface area contributed by atoms with Gasteiger partial charge in [0.1, 0.15) is 0 Å². The number of likely N-dealkylation sites (N-methyl/N-ethyl adjacent to an activating group) is 1. The van der Waals surface area contributed by atoms with E-state index >= 15 is 0 Å². The zero-order chi connectivity index (χ0) is 21.0. The van der Waals surface area contributed by atoms with Crippen LogP contribution in [0.25, 0.3) is 10.8 Å². The van der Waals surface area contributed by atoms with Gasteiger partial charge >= 0.3 is 0 Å². The van der Waals surface area contributed by atoms with Crippen LogP contribution in [0.5, 0.6) is 11.5 Å². The minimum absolute atomic E-state index is 0. The van der Waals surface area contributed by atoms with E-state index in [-0.39, 0.29) is 23.8 Å². The molecule has 0 spiro atoms. The molecule has 0 aliphatic rings. The molecular formula is C20H22ClN3O5S. The second kappa shape index (κ2) is 9.75. The molecule has 30 heavy (non-hydrogen) atoms. The number of nitrogens with zero attached hydrogens (tertiary/aromatic N) is 2. The van der Waals surface area contributed by atoms with E-state index in [1.165, 1.54) is 33.5 Å². The van der Waals surface area contributed by atoms with Gasteiger partial charge in [0.25, 0.3) is 0 Å². The van der Waals surface area contributed by atoms with Crippen molar-refractivity contribution in [2.24, 2.45) is 0 Å². The molecule has 0 atom stereocenters. The summed E-state index contributed by atoms with van der Waals surface area (Å²) in [5.41, 5.74) is 0.467. The Morgan fingerprint density at radius 2 is 1.83 bits per heavy atom. The lowest BCUT2D eigenvalue weighted by molar-refractivity contribution is -0.116. The number of amides is 1. The topological polar surface area (TPSA) is 97.8 Å². The Labute approximate surface area is 181 Å². The average molecular weight is 452 g/mol. The fourth-order valence-electron chi connectivity index (χ4n) is 2.89. The molecule has 0 aliphatic carbocycles. The Balaban J connectivity index is 0.00000320. The minimum Gasteiger partial charge on any atom is -0.493 e. The molecule has 0 saturated heterocycles. The van der Waals surface area contributed by atoms with Gasteiger partial charge in [-0.3, -0.25) is 9.78 Å². The number of nitrogens with one attached hydrogen (secondary N) is 1. The largest absolute Gasteiger partial charge is 0.493 e.